The molecule has 0 N–H and O–H groups in total. The topological polar surface area (TPSA) is 13.1 Å². The van der Waals surface area contributed by atoms with Gasteiger partial charge in [0.25, 0.3) is 0 Å². The zero-order valence-electron chi connectivity index (χ0n) is 7.80. The lowest BCUT2D eigenvalue weighted by Crippen LogP contribution is -2.44. The summed E-state index contributed by atoms with van der Waals surface area (Å²) in [5.74, 6) is 0.740. The monoisotopic (exact) mass is 202 g/mol. The number of furan rings is 1. The molecule has 12 heavy (non-hydrogen) atoms. The fourth-order valence-corrected chi connectivity index (χ4v) is 4.09. The first-order chi connectivity index (χ1) is 5.59. The Bertz CT molecular complexity index is 231. The standard InChI is InChI=1S/C9H15ClOSi/c1-8(6-10)12(2,3)9-4-5-11-7-9/h4-5,7-8H,6H2,1-3H3. The van der Waals surface area contributed by atoms with Crippen molar-refractivity contribution < 1.29 is 4.42 Å². The molecule has 0 bridgehead atoms. The summed E-state index contributed by atoms with van der Waals surface area (Å²) in [4.78, 5) is 0. The van der Waals surface area contributed by atoms with Crippen LogP contribution in [-0.2, 0) is 0 Å². The van der Waals surface area contributed by atoms with Crippen LogP contribution in [0.3, 0.4) is 0 Å². The van der Waals surface area contributed by atoms with Crippen LogP contribution < -0.4 is 5.19 Å². The van der Waals surface area contributed by atoms with Gasteiger partial charge in [0.15, 0.2) is 0 Å². The third-order valence-corrected chi connectivity index (χ3v) is 7.89. The molecular formula is C9H15ClOSi. The number of hydrogen-bond donors (Lipinski definition) is 0. The molecule has 0 spiro atoms. The molecule has 0 fully saturated rings. The summed E-state index contributed by atoms with van der Waals surface area (Å²) in [6.07, 6.45) is 3.60. The minimum atomic E-state index is -1.36. The molecule has 0 radical (unpaired) electrons. The van der Waals surface area contributed by atoms with Gasteiger partial charge in [-0.1, -0.05) is 20.0 Å². The third-order valence-electron chi connectivity index (χ3n) is 2.73. The smallest absolute Gasteiger partial charge is 0.0901 e. The van der Waals surface area contributed by atoms with E-state index >= 15 is 0 Å². The van der Waals surface area contributed by atoms with Gasteiger partial charge in [-0.15, -0.1) is 11.6 Å². The highest BCUT2D eigenvalue weighted by atomic mass is 35.5. The highest BCUT2D eigenvalue weighted by Crippen LogP contribution is 2.22. The lowest BCUT2D eigenvalue weighted by molar-refractivity contribution is 0.569. The highest BCUT2D eigenvalue weighted by molar-refractivity contribution is 6.91. The van der Waals surface area contributed by atoms with Gasteiger partial charge in [-0.25, -0.2) is 0 Å². The average Bonchev–Trinajstić information content (AvgIpc) is 2.55. The van der Waals surface area contributed by atoms with Crippen LogP contribution in [0, 0.1) is 0 Å². The van der Waals surface area contributed by atoms with Crippen molar-refractivity contribution in [1.29, 1.82) is 0 Å². The first kappa shape index (κ1) is 9.87. The molecule has 1 aromatic heterocycles. The molecule has 1 heterocycles. The van der Waals surface area contributed by atoms with E-state index in [-0.39, 0.29) is 0 Å². The summed E-state index contributed by atoms with van der Waals surface area (Å²) in [6.45, 7) is 6.86. The fraction of sp³-hybridized carbons (Fsp3) is 0.556. The van der Waals surface area contributed by atoms with Crippen molar-refractivity contribution in [3.05, 3.63) is 18.6 Å². The summed E-state index contributed by atoms with van der Waals surface area (Å²) in [7, 11) is -1.36. The molecule has 0 saturated carbocycles. The number of hydrogen-bond acceptors (Lipinski definition) is 1. The minimum absolute atomic E-state index is 0.594. The SMILES string of the molecule is CC(CCl)[Si](C)(C)c1ccoc1. The average molecular weight is 203 g/mol. The van der Waals surface area contributed by atoms with Crippen LogP contribution in [0.2, 0.25) is 18.6 Å². The Balaban J connectivity index is 2.85. The first-order valence-electron chi connectivity index (χ1n) is 4.17. The lowest BCUT2D eigenvalue weighted by Gasteiger charge is -2.26. The van der Waals surface area contributed by atoms with Gasteiger partial charge in [0.05, 0.1) is 20.6 Å². The maximum atomic E-state index is 5.86. The summed E-state index contributed by atoms with van der Waals surface area (Å²) < 4.78 is 5.09. The van der Waals surface area contributed by atoms with E-state index in [2.05, 4.69) is 26.1 Å². The van der Waals surface area contributed by atoms with Crippen molar-refractivity contribution in [2.24, 2.45) is 0 Å². The van der Waals surface area contributed by atoms with Crippen LogP contribution >= 0.6 is 11.6 Å². The largest absolute Gasteiger partial charge is 0.473 e. The van der Waals surface area contributed by atoms with E-state index in [1.54, 1.807) is 6.26 Å². The Labute approximate surface area is 79.7 Å². The van der Waals surface area contributed by atoms with Gasteiger partial charge in [-0.3, -0.25) is 0 Å². The molecule has 0 aliphatic heterocycles. The van der Waals surface area contributed by atoms with E-state index in [0.717, 1.165) is 5.88 Å². The second-order valence-corrected chi connectivity index (χ2v) is 9.10. The molecule has 0 aromatic carbocycles. The van der Waals surface area contributed by atoms with Gasteiger partial charge in [-0.05, 0) is 16.8 Å². The van der Waals surface area contributed by atoms with Crippen LogP contribution in [0.25, 0.3) is 0 Å². The Morgan fingerprint density at radius 3 is 2.67 bits per heavy atom. The van der Waals surface area contributed by atoms with Crippen molar-refractivity contribution in [3.8, 4) is 0 Å². The lowest BCUT2D eigenvalue weighted by atomic mass is 10.5. The third kappa shape index (κ3) is 1.75. The molecule has 1 unspecified atom stereocenters. The van der Waals surface area contributed by atoms with Crippen molar-refractivity contribution in [1.82, 2.24) is 0 Å². The van der Waals surface area contributed by atoms with Crippen LogP contribution in [0.15, 0.2) is 23.0 Å². The Morgan fingerprint density at radius 2 is 2.25 bits per heavy atom. The molecule has 3 heteroatoms. The van der Waals surface area contributed by atoms with Crippen molar-refractivity contribution >= 4 is 24.9 Å². The zero-order chi connectivity index (χ0) is 9.19. The van der Waals surface area contributed by atoms with Crippen LogP contribution in [0.4, 0.5) is 0 Å². The zero-order valence-corrected chi connectivity index (χ0v) is 9.56. The van der Waals surface area contributed by atoms with Gasteiger partial charge < -0.3 is 4.42 Å². The van der Waals surface area contributed by atoms with Crippen molar-refractivity contribution in [3.63, 3.8) is 0 Å². The maximum absolute atomic E-state index is 5.86. The minimum Gasteiger partial charge on any atom is -0.473 e. The van der Waals surface area contributed by atoms with Gasteiger partial charge >= 0.3 is 0 Å². The summed E-state index contributed by atoms with van der Waals surface area (Å²) in [6, 6.07) is 2.06. The molecule has 0 amide bonds. The second-order valence-electron chi connectivity index (χ2n) is 3.79. The number of alkyl halides is 1. The van der Waals surface area contributed by atoms with E-state index in [1.807, 2.05) is 6.26 Å². The van der Waals surface area contributed by atoms with E-state index < -0.39 is 8.07 Å². The quantitative estimate of drug-likeness (QED) is 0.543. The van der Waals surface area contributed by atoms with Gasteiger partial charge in [0.1, 0.15) is 0 Å². The van der Waals surface area contributed by atoms with E-state index in [0.29, 0.717) is 5.54 Å². The van der Waals surface area contributed by atoms with E-state index in [9.17, 15) is 0 Å². The molecule has 1 atom stereocenters. The van der Waals surface area contributed by atoms with E-state index in [4.69, 9.17) is 16.0 Å². The molecule has 1 aromatic rings. The van der Waals surface area contributed by atoms with Crippen LogP contribution in [0.1, 0.15) is 6.92 Å². The molecular weight excluding hydrogens is 188 g/mol. The summed E-state index contributed by atoms with van der Waals surface area (Å²) in [5, 5.41) is 1.36. The summed E-state index contributed by atoms with van der Waals surface area (Å²) >= 11 is 5.86. The molecule has 0 saturated heterocycles. The Kier molecular flexibility index (Phi) is 3.02. The molecule has 0 aliphatic carbocycles. The van der Waals surface area contributed by atoms with E-state index in [1.165, 1.54) is 5.19 Å². The molecule has 0 aliphatic rings. The Morgan fingerprint density at radius 1 is 1.58 bits per heavy atom. The molecule has 1 rings (SSSR count). The molecule has 68 valence electrons. The van der Waals surface area contributed by atoms with Gasteiger partial charge in [0.2, 0.25) is 0 Å². The van der Waals surface area contributed by atoms with Crippen LogP contribution in [0.5, 0.6) is 0 Å². The normalized spacial score (nSPS) is 14.7. The van der Waals surface area contributed by atoms with Crippen molar-refractivity contribution in [2.75, 3.05) is 5.88 Å². The van der Waals surface area contributed by atoms with Gasteiger partial charge in [0, 0.05) is 5.88 Å². The maximum Gasteiger partial charge on any atom is 0.0901 e. The second kappa shape index (κ2) is 3.67. The predicted molar refractivity (Wildman–Crippen MR) is 56.0 cm³/mol. The summed E-state index contributed by atoms with van der Waals surface area (Å²) in [5.41, 5.74) is 0.594. The Hall–Kier alpha value is -0.213. The van der Waals surface area contributed by atoms with Crippen LogP contribution in [-0.4, -0.2) is 14.0 Å². The van der Waals surface area contributed by atoms with Gasteiger partial charge in [-0.2, -0.15) is 0 Å². The number of halogens is 1. The fourth-order valence-electron chi connectivity index (χ4n) is 1.11. The molecule has 1 nitrogen and oxygen atoms in total. The highest BCUT2D eigenvalue weighted by Gasteiger charge is 2.30. The number of rotatable bonds is 3. The first-order valence-corrected chi connectivity index (χ1v) is 7.79. The predicted octanol–water partition coefficient (Wildman–Crippen LogP) is 2.82. The van der Waals surface area contributed by atoms with Crippen molar-refractivity contribution in [2.45, 2.75) is 25.6 Å².